The molecule has 5 nitrogen and oxygen atoms in total. The molecule has 0 aliphatic rings. The van der Waals surface area contributed by atoms with E-state index in [4.69, 9.17) is 18.9 Å². The van der Waals surface area contributed by atoms with E-state index in [2.05, 4.69) is 15.9 Å². The molecule has 2 rings (SSSR count). The van der Waals surface area contributed by atoms with Crippen LogP contribution in [0.25, 0.3) is 6.08 Å². The summed E-state index contributed by atoms with van der Waals surface area (Å²) in [5, 5.41) is 0. The van der Waals surface area contributed by atoms with Gasteiger partial charge in [-0.1, -0.05) is 15.9 Å². The molecule has 0 spiro atoms. The molecule has 2 aromatic carbocycles. The molecule has 0 aliphatic carbocycles. The van der Waals surface area contributed by atoms with Crippen molar-refractivity contribution in [3.05, 3.63) is 52.3 Å². The van der Waals surface area contributed by atoms with Gasteiger partial charge in [-0.3, -0.25) is 0 Å². The summed E-state index contributed by atoms with van der Waals surface area (Å²) in [5.41, 5.74) is 0.628. The number of benzene rings is 2. The van der Waals surface area contributed by atoms with Gasteiger partial charge >= 0.3 is 5.97 Å². The van der Waals surface area contributed by atoms with Crippen LogP contribution in [-0.4, -0.2) is 27.3 Å². The zero-order valence-corrected chi connectivity index (χ0v) is 15.4. The third-order valence-corrected chi connectivity index (χ3v) is 3.70. The molecule has 25 heavy (non-hydrogen) atoms. The molecule has 0 fully saturated rings. The summed E-state index contributed by atoms with van der Waals surface area (Å²) in [5.74, 6) is -0.147. The van der Waals surface area contributed by atoms with E-state index in [0.29, 0.717) is 27.3 Å². The van der Waals surface area contributed by atoms with Gasteiger partial charge in [0.2, 0.25) is 5.75 Å². The van der Waals surface area contributed by atoms with Crippen LogP contribution in [0, 0.1) is 5.82 Å². The highest BCUT2D eigenvalue weighted by molar-refractivity contribution is 9.10. The highest BCUT2D eigenvalue weighted by atomic mass is 79.9. The van der Waals surface area contributed by atoms with E-state index in [-0.39, 0.29) is 5.75 Å². The Morgan fingerprint density at radius 2 is 1.64 bits per heavy atom. The summed E-state index contributed by atoms with van der Waals surface area (Å²) in [6.07, 6.45) is 2.69. The van der Waals surface area contributed by atoms with E-state index in [0.717, 1.165) is 0 Å². The number of rotatable bonds is 6. The first-order valence-corrected chi connectivity index (χ1v) is 7.92. The fourth-order valence-corrected chi connectivity index (χ4v) is 2.40. The molecule has 0 amide bonds. The SMILES string of the molecule is COc1cc(/C=C/C(=O)Oc2ccc(Br)cc2F)cc(OC)c1OC. The summed E-state index contributed by atoms with van der Waals surface area (Å²) in [6, 6.07) is 7.50. The van der Waals surface area contributed by atoms with Crippen LogP contribution >= 0.6 is 15.9 Å². The minimum Gasteiger partial charge on any atom is -0.493 e. The lowest BCUT2D eigenvalue weighted by Gasteiger charge is -2.12. The standard InChI is InChI=1S/C18H16BrFO5/c1-22-15-8-11(9-16(23-2)18(15)24-3)4-7-17(21)25-14-6-5-12(19)10-13(14)20/h4-10H,1-3H3/b7-4+. The zero-order chi connectivity index (χ0) is 18.4. The van der Waals surface area contributed by atoms with Crippen LogP contribution in [0.1, 0.15) is 5.56 Å². The molecule has 0 aliphatic heterocycles. The average Bonchev–Trinajstić information content (AvgIpc) is 2.61. The molecule has 0 radical (unpaired) electrons. The van der Waals surface area contributed by atoms with Crippen molar-refractivity contribution in [2.24, 2.45) is 0 Å². The molecule has 2 aromatic rings. The first-order valence-electron chi connectivity index (χ1n) is 7.13. The third kappa shape index (κ3) is 4.73. The summed E-state index contributed by atoms with van der Waals surface area (Å²) >= 11 is 3.13. The fraction of sp³-hybridized carbons (Fsp3) is 0.167. The maximum Gasteiger partial charge on any atom is 0.336 e. The summed E-state index contributed by atoms with van der Waals surface area (Å²) in [4.78, 5) is 11.9. The number of carbonyl (C=O) groups excluding carboxylic acids is 1. The van der Waals surface area contributed by atoms with Crippen molar-refractivity contribution in [1.82, 2.24) is 0 Å². The van der Waals surface area contributed by atoms with Crippen LogP contribution < -0.4 is 18.9 Å². The van der Waals surface area contributed by atoms with Crippen molar-refractivity contribution in [3.63, 3.8) is 0 Å². The molecule has 132 valence electrons. The second-order valence-corrected chi connectivity index (χ2v) is 5.70. The van der Waals surface area contributed by atoms with Crippen molar-refractivity contribution >= 4 is 28.0 Å². The molecule has 0 N–H and O–H groups in total. The zero-order valence-electron chi connectivity index (χ0n) is 13.8. The molecule has 0 bridgehead atoms. The molecule has 0 aromatic heterocycles. The van der Waals surface area contributed by atoms with E-state index in [1.165, 1.54) is 45.6 Å². The first-order chi connectivity index (χ1) is 12.0. The van der Waals surface area contributed by atoms with E-state index in [1.807, 2.05) is 0 Å². The van der Waals surface area contributed by atoms with E-state index >= 15 is 0 Å². The number of carbonyl (C=O) groups is 1. The molecule has 0 unspecified atom stereocenters. The number of halogens is 2. The maximum absolute atomic E-state index is 13.7. The Morgan fingerprint density at radius 1 is 1.00 bits per heavy atom. The minimum absolute atomic E-state index is 0.150. The maximum atomic E-state index is 13.7. The second-order valence-electron chi connectivity index (χ2n) is 4.79. The van der Waals surface area contributed by atoms with Gasteiger partial charge in [-0.2, -0.15) is 0 Å². The molecule has 0 saturated carbocycles. The number of hydrogen-bond donors (Lipinski definition) is 0. The van der Waals surface area contributed by atoms with Crippen LogP contribution in [0.4, 0.5) is 4.39 Å². The number of methoxy groups -OCH3 is 3. The van der Waals surface area contributed by atoms with Crippen LogP contribution in [0.15, 0.2) is 40.9 Å². The fourth-order valence-electron chi connectivity index (χ4n) is 2.06. The number of esters is 1. The third-order valence-electron chi connectivity index (χ3n) is 3.20. The monoisotopic (exact) mass is 410 g/mol. The van der Waals surface area contributed by atoms with Gasteiger partial charge < -0.3 is 18.9 Å². The Kier molecular flexibility index (Phi) is 6.41. The van der Waals surface area contributed by atoms with E-state index in [9.17, 15) is 9.18 Å². The molecular formula is C18H16BrFO5. The molecule has 0 saturated heterocycles. The van der Waals surface area contributed by atoms with Gasteiger partial charge in [0.15, 0.2) is 23.1 Å². The molecule has 0 heterocycles. The Bertz CT molecular complexity index is 779. The lowest BCUT2D eigenvalue weighted by molar-refractivity contribution is -0.129. The van der Waals surface area contributed by atoms with Gasteiger partial charge in [-0.15, -0.1) is 0 Å². The second kappa shape index (κ2) is 8.53. The largest absolute Gasteiger partial charge is 0.493 e. The Labute approximate surface area is 153 Å². The lowest BCUT2D eigenvalue weighted by Crippen LogP contribution is -2.05. The van der Waals surface area contributed by atoms with E-state index < -0.39 is 11.8 Å². The van der Waals surface area contributed by atoms with Crippen molar-refractivity contribution in [1.29, 1.82) is 0 Å². The van der Waals surface area contributed by atoms with Crippen LogP contribution in [-0.2, 0) is 4.79 Å². The average molecular weight is 411 g/mol. The van der Waals surface area contributed by atoms with Crippen LogP contribution in [0.2, 0.25) is 0 Å². The smallest absolute Gasteiger partial charge is 0.336 e. The topological polar surface area (TPSA) is 54.0 Å². The number of hydrogen-bond acceptors (Lipinski definition) is 5. The van der Waals surface area contributed by atoms with Gasteiger partial charge in [0.25, 0.3) is 0 Å². The molecular weight excluding hydrogens is 395 g/mol. The Morgan fingerprint density at radius 3 is 2.16 bits per heavy atom. The predicted molar refractivity (Wildman–Crippen MR) is 94.9 cm³/mol. The molecule has 0 atom stereocenters. The molecule has 7 heteroatoms. The minimum atomic E-state index is -0.713. The van der Waals surface area contributed by atoms with Crippen LogP contribution in [0.3, 0.4) is 0 Å². The quantitative estimate of drug-likeness (QED) is 0.405. The van der Waals surface area contributed by atoms with Gasteiger partial charge in [0.1, 0.15) is 0 Å². The van der Waals surface area contributed by atoms with Crippen LogP contribution in [0.5, 0.6) is 23.0 Å². The van der Waals surface area contributed by atoms with Gasteiger partial charge in [0.05, 0.1) is 21.3 Å². The highest BCUT2D eigenvalue weighted by Crippen LogP contribution is 2.38. The lowest BCUT2D eigenvalue weighted by atomic mass is 10.1. The summed E-state index contributed by atoms with van der Waals surface area (Å²) in [7, 11) is 4.49. The predicted octanol–water partition coefficient (Wildman–Crippen LogP) is 4.23. The van der Waals surface area contributed by atoms with Gasteiger partial charge in [-0.25, -0.2) is 9.18 Å². The highest BCUT2D eigenvalue weighted by Gasteiger charge is 2.12. The van der Waals surface area contributed by atoms with Crippen molar-refractivity contribution < 1.29 is 28.1 Å². The Hall–Kier alpha value is -2.54. The van der Waals surface area contributed by atoms with Gasteiger partial charge in [-0.05, 0) is 42.0 Å². The Balaban J connectivity index is 2.19. The van der Waals surface area contributed by atoms with Crippen molar-refractivity contribution in [2.75, 3.05) is 21.3 Å². The normalized spacial score (nSPS) is 10.6. The number of ether oxygens (including phenoxy) is 4. The summed E-state index contributed by atoms with van der Waals surface area (Å²) < 4.78 is 34.9. The first kappa shape index (κ1) is 18.8. The van der Waals surface area contributed by atoms with Crippen molar-refractivity contribution in [3.8, 4) is 23.0 Å². The van der Waals surface area contributed by atoms with E-state index in [1.54, 1.807) is 18.2 Å². The summed E-state index contributed by atoms with van der Waals surface area (Å²) in [6.45, 7) is 0. The van der Waals surface area contributed by atoms with Gasteiger partial charge in [0, 0.05) is 10.5 Å². The van der Waals surface area contributed by atoms with Crippen molar-refractivity contribution in [2.45, 2.75) is 0 Å².